The second-order valence-corrected chi connectivity index (χ2v) is 8.75. The molecule has 0 atom stereocenters. The first-order valence-electron chi connectivity index (χ1n) is 12.3. The lowest BCUT2D eigenvalue weighted by Gasteiger charge is -2.35. The number of aryl methyl sites for hydroxylation is 2. The van der Waals surface area contributed by atoms with Crippen LogP contribution in [0.3, 0.4) is 0 Å². The van der Waals surface area contributed by atoms with Crippen molar-refractivity contribution in [3.05, 3.63) is 66.0 Å². The molecule has 1 aliphatic heterocycles. The topological polar surface area (TPSA) is 87.4 Å². The highest BCUT2D eigenvalue weighted by atomic mass is 16.5. The van der Waals surface area contributed by atoms with E-state index in [0.717, 1.165) is 53.2 Å². The van der Waals surface area contributed by atoms with Gasteiger partial charge in [-0.1, -0.05) is 61.5 Å². The number of amides is 2. The summed E-state index contributed by atoms with van der Waals surface area (Å²) in [7, 11) is 0. The maximum absolute atomic E-state index is 12.9. The Balaban J connectivity index is 1.36. The first kappa shape index (κ1) is 22.8. The normalized spacial score (nSPS) is 13.9. The summed E-state index contributed by atoms with van der Waals surface area (Å²) in [6, 6.07) is 17.9. The first-order chi connectivity index (χ1) is 17.2. The SMILES string of the molecule is CCCc1nc(N2CCN(C(=O)Nc3ccc(CC)cc3)CC2)c2c(-c3ccccc3)noc2n1. The number of aromatic nitrogens is 3. The predicted molar refractivity (Wildman–Crippen MR) is 138 cm³/mol. The molecular weight excluding hydrogens is 440 g/mol. The zero-order valence-electron chi connectivity index (χ0n) is 20.2. The zero-order valence-corrected chi connectivity index (χ0v) is 20.2. The molecule has 2 aromatic heterocycles. The Bertz CT molecular complexity index is 1290. The lowest BCUT2D eigenvalue weighted by atomic mass is 10.1. The number of carbonyl (C=O) groups excluding carboxylic acids is 1. The molecule has 1 aliphatic rings. The van der Waals surface area contributed by atoms with Crippen LogP contribution in [0.15, 0.2) is 59.1 Å². The molecule has 2 amide bonds. The van der Waals surface area contributed by atoms with Gasteiger partial charge >= 0.3 is 6.03 Å². The second-order valence-electron chi connectivity index (χ2n) is 8.75. The standard InChI is InChI=1S/C27H30N6O2/c1-3-8-22-29-25(23-24(31-35-26(23)30-22)20-9-6-5-7-10-20)32-15-17-33(18-16-32)27(34)28-21-13-11-19(4-2)12-14-21/h5-7,9-14H,3-4,8,15-18H2,1-2H3,(H,28,34). The third kappa shape index (κ3) is 4.82. The van der Waals surface area contributed by atoms with Crippen LogP contribution < -0.4 is 10.2 Å². The fourth-order valence-corrected chi connectivity index (χ4v) is 4.38. The van der Waals surface area contributed by atoms with Crippen LogP contribution in [-0.2, 0) is 12.8 Å². The largest absolute Gasteiger partial charge is 0.352 e. The summed E-state index contributed by atoms with van der Waals surface area (Å²) >= 11 is 0. The molecule has 2 aromatic carbocycles. The Hall–Kier alpha value is -3.94. The Morgan fingerprint density at radius 3 is 2.40 bits per heavy atom. The number of hydrogen-bond acceptors (Lipinski definition) is 6. The minimum Gasteiger partial charge on any atom is -0.352 e. The minimum absolute atomic E-state index is 0.0802. The number of benzene rings is 2. The molecule has 0 radical (unpaired) electrons. The van der Waals surface area contributed by atoms with Crippen LogP contribution in [0, 0.1) is 0 Å². The fraction of sp³-hybridized carbons (Fsp3) is 0.333. The summed E-state index contributed by atoms with van der Waals surface area (Å²) in [5.74, 6) is 1.58. The molecule has 0 bridgehead atoms. The number of urea groups is 1. The molecule has 4 aromatic rings. The van der Waals surface area contributed by atoms with Gasteiger partial charge in [-0.25, -0.2) is 9.78 Å². The zero-order chi connectivity index (χ0) is 24.2. The Kier molecular flexibility index (Phi) is 6.61. The summed E-state index contributed by atoms with van der Waals surface area (Å²) < 4.78 is 5.66. The monoisotopic (exact) mass is 470 g/mol. The number of hydrogen-bond donors (Lipinski definition) is 1. The maximum atomic E-state index is 12.9. The van der Waals surface area contributed by atoms with E-state index < -0.39 is 0 Å². The van der Waals surface area contributed by atoms with Gasteiger partial charge in [-0.15, -0.1) is 0 Å². The van der Waals surface area contributed by atoms with Crippen molar-refractivity contribution in [2.24, 2.45) is 0 Å². The fourth-order valence-electron chi connectivity index (χ4n) is 4.38. The van der Waals surface area contributed by atoms with Crippen LogP contribution in [0.5, 0.6) is 0 Å². The smallest absolute Gasteiger partial charge is 0.321 e. The van der Waals surface area contributed by atoms with Gasteiger partial charge in [0.2, 0.25) is 0 Å². The van der Waals surface area contributed by atoms with Gasteiger partial charge in [0.25, 0.3) is 5.71 Å². The van der Waals surface area contributed by atoms with Crippen molar-refractivity contribution in [1.82, 2.24) is 20.0 Å². The van der Waals surface area contributed by atoms with E-state index in [0.29, 0.717) is 31.9 Å². The first-order valence-corrected chi connectivity index (χ1v) is 12.3. The molecule has 1 fully saturated rings. The van der Waals surface area contributed by atoms with E-state index in [9.17, 15) is 4.79 Å². The van der Waals surface area contributed by atoms with E-state index in [1.54, 1.807) is 0 Å². The van der Waals surface area contributed by atoms with E-state index in [2.05, 4.69) is 34.2 Å². The number of nitrogens with one attached hydrogen (secondary N) is 1. The highest BCUT2D eigenvalue weighted by Gasteiger charge is 2.27. The summed E-state index contributed by atoms with van der Waals surface area (Å²) in [5.41, 5.74) is 4.28. The molecule has 8 nitrogen and oxygen atoms in total. The number of carbonyl (C=O) groups is 1. The van der Waals surface area contributed by atoms with Crippen LogP contribution in [0.1, 0.15) is 31.7 Å². The Morgan fingerprint density at radius 1 is 0.971 bits per heavy atom. The predicted octanol–water partition coefficient (Wildman–Crippen LogP) is 5.15. The molecule has 0 unspecified atom stereocenters. The second kappa shape index (κ2) is 10.1. The van der Waals surface area contributed by atoms with Crippen LogP contribution >= 0.6 is 0 Å². The highest BCUT2D eigenvalue weighted by Crippen LogP contribution is 2.34. The molecule has 1 saturated heterocycles. The van der Waals surface area contributed by atoms with Crippen molar-refractivity contribution in [2.75, 3.05) is 36.4 Å². The van der Waals surface area contributed by atoms with E-state index >= 15 is 0 Å². The van der Waals surface area contributed by atoms with Gasteiger partial charge < -0.3 is 19.6 Å². The van der Waals surface area contributed by atoms with Crippen LogP contribution in [0.2, 0.25) is 0 Å². The summed E-state index contributed by atoms with van der Waals surface area (Å²) in [4.78, 5) is 26.5. The minimum atomic E-state index is -0.0802. The molecule has 8 heteroatoms. The quantitative estimate of drug-likeness (QED) is 0.419. The average Bonchev–Trinajstić information content (AvgIpc) is 3.33. The highest BCUT2D eigenvalue weighted by molar-refractivity contribution is 5.98. The number of piperazine rings is 1. The van der Waals surface area contributed by atoms with Crippen molar-refractivity contribution in [1.29, 1.82) is 0 Å². The molecule has 180 valence electrons. The number of anilines is 2. The number of fused-ring (bicyclic) bond motifs is 1. The van der Waals surface area contributed by atoms with E-state index in [1.807, 2.05) is 59.5 Å². The van der Waals surface area contributed by atoms with Gasteiger partial charge in [-0.2, -0.15) is 4.98 Å². The summed E-state index contributed by atoms with van der Waals surface area (Å²) in [5, 5.41) is 8.19. The van der Waals surface area contributed by atoms with Crippen LogP contribution in [-0.4, -0.2) is 52.2 Å². The molecule has 0 saturated carbocycles. The molecule has 0 aliphatic carbocycles. The van der Waals surface area contributed by atoms with Gasteiger partial charge in [-0.3, -0.25) is 0 Å². The average molecular weight is 471 g/mol. The summed E-state index contributed by atoms with van der Waals surface area (Å²) in [6.45, 7) is 6.75. The van der Waals surface area contributed by atoms with Crippen LogP contribution in [0.4, 0.5) is 16.3 Å². The Labute approximate surface area is 205 Å². The van der Waals surface area contributed by atoms with Gasteiger partial charge in [-0.05, 0) is 30.5 Å². The lowest BCUT2D eigenvalue weighted by Crippen LogP contribution is -2.50. The third-order valence-corrected chi connectivity index (χ3v) is 6.36. The van der Waals surface area contributed by atoms with Gasteiger partial charge in [0.15, 0.2) is 0 Å². The molecule has 1 N–H and O–H groups in total. The summed E-state index contributed by atoms with van der Waals surface area (Å²) in [6.07, 6.45) is 2.69. The molecule has 3 heterocycles. The van der Waals surface area contributed by atoms with Crippen LogP contribution in [0.25, 0.3) is 22.4 Å². The van der Waals surface area contributed by atoms with Gasteiger partial charge in [0, 0.05) is 43.9 Å². The van der Waals surface area contributed by atoms with Gasteiger partial charge in [0.1, 0.15) is 22.7 Å². The van der Waals surface area contributed by atoms with E-state index in [1.165, 1.54) is 5.56 Å². The van der Waals surface area contributed by atoms with E-state index in [-0.39, 0.29) is 6.03 Å². The molecular formula is C27H30N6O2. The molecule has 35 heavy (non-hydrogen) atoms. The number of rotatable bonds is 6. The van der Waals surface area contributed by atoms with Gasteiger partial charge in [0.05, 0.1) is 0 Å². The van der Waals surface area contributed by atoms with Crippen molar-refractivity contribution >= 4 is 28.6 Å². The van der Waals surface area contributed by atoms with Crippen molar-refractivity contribution in [3.63, 3.8) is 0 Å². The van der Waals surface area contributed by atoms with Crippen molar-refractivity contribution in [2.45, 2.75) is 33.1 Å². The lowest BCUT2D eigenvalue weighted by molar-refractivity contribution is 0.208. The van der Waals surface area contributed by atoms with E-state index in [4.69, 9.17) is 9.51 Å². The maximum Gasteiger partial charge on any atom is 0.321 e. The van der Waals surface area contributed by atoms with Crippen molar-refractivity contribution < 1.29 is 9.32 Å². The Morgan fingerprint density at radius 2 is 1.71 bits per heavy atom. The molecule has 5 rings (SSSR count). The van der Waals surface area contributed by atoms with Crippen molar-refractivity contribution in [3.8, 4) is 11.3 Å². The third-order valence-electron chi connectivity index (χ3n) is 6.36. The molecule has 0 spiro atoms. The number of nitrogens with zero attached hydrogens (tertiary/aromatic N) is 5.